The molecule has 1 amide bonds. The Morgan fingerprint density at radius 2 is 2.36 bits per heavy atom. The Balaban J connectivity index is 4.07. The number of hydrogen-bond acceptors (Lipinski definition) is 2. The van der Waals surface area contributed by atoms with Gasteiger partial charge in [-0.15, -0.1) is 0 Å². The third-order valence-corrected chi connectivity index (χ3v) is 1.75. The van der Waals surface area contributed by atoms with Gasteiger partial charge in [-0.2, -0.15) is 0 Å². The van der Waals surface area contributed by atoms with Gasteiger partial charge in [0.1, 0.15) is 0 Å². The molecule has 0 aromatic carbocycles. The first-order valence-electron chi connectivity index (χ1n) is 3.67. The summed E-state index contributed by atoms with van der Waals surface area (Å²) < 4.78 is 0. The molecule has 0 aromatic rings. The monoisotopic (exact) mass is 157 g/mol. The quantitative estimate of drug-likeness (QED) is 0.600. The van der Waals surface area contributed by atoms with Crippen LogP contribution in [-0.4, -0.2) is 35.6 Å². The summed E-state index contributed by atoms with van der Waals surface area (Å²) in [6.45, 7) is 5.29. The first kappa shape index (κ1) is 10.2. The number of amides is 1. The molecule has 0 aromatic heterocycles. The van der Waals surface area contributed by atoms with Crippen LogP contribution in [0.4, 0.5) is 0 Å². The molecule has 0 aliphatic rings. The SMILES string of the molecule is C=CC(=O)N(C)[C@H](CC)CO. The molecule has 0 aliphatic heterocycles. The molecule has 0 aliphatic carbocycles. The van der Waals surface area contributed by atoms with Gasteiger partial charge in [-0.1, -0.05) is 13.5 Å². The molecule has 3 nitrogen and oxygen atoms in total. The molecule has 0 bridgehead atoms. The van der Waals surface area contributed by atoms with E-state index >= 15 is 0 Å². The van der Waals surface area contributed by atoms with Crippen LogP contribution < -0.4 is 0 Å². The van der Waals surface area contributed by atoms with E-state index in [2.05, 4.69) is 6.58 Å². The third kappa shape index (κ3) is 2.72. The fraction of sp³-hybridized carbons (Fsp3) is 0.625. The average molecular weight is 157 g/mol. The van der Waals surface area contributed by atoms with Gasteiger partial charge in [0.25, 0.3) is 0 Å². The highest BCUT2D eigenvalue weighted by Gasteiger charge is 2.13. The number of aliphatic hydroxyl groups excluding tert-OH is 1. The number of hydrogen-bond donors (Lipinski definition) is 1. The number of rotatable bonds is 4. The van der Waals surface area contributed by atoms with E-state index in [-0.39, 0.29) is 18.6 Å². The summed E-state index contributed by atoms with van der Waals surface area (Å²) in [5, 5.41) is 8.81. The third-order valence-electron chi connectivity index (χ3n) is 1.75. The predicted octanol–water partition coefficient (Wildman–Crippen LogP) is 0.402. The van der Waals surface area contributed by atoms with Gasteiger partial charge in [-0.05, 0) is 12.5 Å². The van der Waals surface area contributed by atoms with Gasteiger partial charge in [0.15, 0.2) is 0 Å². The van der Waals surface area contributed by atoms with E-state index in [1.807, 2.05) is 6.92 Å². The Kier molecular flexibility index (Phi) is 4.54. The van der Waals surface area contributed by atoms with Crippen LogP contribution in [0.25, 0.3) is 0 Å². The highest BCUT2D eigenvalue weighted by atomic mass is 16.3. The Morgan fingerprint density at radius 3 is 2.64 bits per heavy atom. The summed E-state index contributed by atoms with van der Waals surface area (Å²) in [5.74, 6) is -0.147. The fourth-order valence-electron chi connectivity index (χ4n) is 0.849. The number of carbonyl (C=O) groups is 1. The topological polar surface area (TPSA) is 40.5 Å². The normalized spacial score (nSPS) is 12.3. The fourth-order valence-corrected chi connectivity index (χ4v) is 0.849. The summed E-state index contributed by atoms with van der Waals surface area (Å²) >= 11 is 0. The zero-order valence-electron chi connectivity index (χ0n) is 7.08. The minimum absolute atomic E-state index is 0.00653. The largest absolute Gasteiger partial charge is 0.394 e. The van der Waals surface area contributed by atoms with Crippen LogP contribution >= 0.6 is 0 Å². The molecule has 1 N–H and O–H groups in total. The van der Waals surface area contributed by atoms with E-state index in [0.29, 0.717) is 0 Å². The number of likely N-dealkylation sites (N-methyl/N-ethyl adjacent to an activating group) is 1. The molecule has 0 saturated heterocycles. The summed E-state index contributed by atoms with van der Waals surface area (Å²) in [4.78, 5) is 12.5. The molecule has 1 atom stereocenters. The summed E-state index contributed by atoms with van der Waals surface area (Å²) in [5.41, 5.74) is 0. The van der Waals surface area contributed by atoms with Crippen molar-refractivity contribution in [3.8, 4) is 0 Å². The van der Waals surface area contributed by atoms with Crippen molar-refractivity contribution in [3.05, 3.63) is 12.7 Å². The van der Waals surface area contributed by atoms with E-state index in [0.717, 1.165) is 6.42 Å². The van der Waals surface area contributed by atoms with Crippen molar-refractivity contribution in [3.63, 3.8) is 0 Å². The smallest absolute Gasteiger partial charge is 0.246 e. The second kappa shape index (κ2) is 4.91. The van der Waals surface area contributed by atoms with Gasteiger partial charge in [-0.25, -0.2) is 0 Å². The molecular formula is C8H15NO2. The molecule has 0 fully saturated rings. The first-order valence-corrected chi connectivity index (χ1v) is 3.67. The first-order chi connectivity index (χ1) is 5.17. The number of nitrogens with zero attached hydrogens (tertiary/aromatic N) is 1. The van der Waals surface area contributed by atoms with Crippen molar-refractivity contribution in [2.75, 3.05) is 13.7 Å². The molecule has 64 valence electrons. The maximum atomic E-state index is 11.0. The lowest BCUT2D eigenvalue weighted by molar-refractivity contribution is -0.127. The minimum atomic E-state index is -0.147. The number of carbonyl (C=O) groups excluding carboxylic acids is 1. The van der Waals surface area contributed by atoms with Crippen LogP contribution in [-0.2, 0) is 4.79 Å². The number of aliphatic hydroxyl groups is 1. The Morgan fingerprint density at radius 1 is 1.82 bits per heavy atom. The van der Waals surface area contributed by atoms with Crippen LogP contribution in [0.5, 0.6) is 0 Å². The van der Waals surface area contributed by atoms with Crippen molar-refractivity contribution in [2.45, 2.75) is 19.4 Å². The summed E-state index contributed by atoms with van der Waals surface area (Å²) in [7, 11) is 1.66. The predicted molar refractivity (Wildman–Crippen MR) is 44.1 cm³/mol. The average Bonchev–Trinajstić information content (AvgIpc) is 2.05. The van der Waals surface area contributed by atoms with Gasteiger partial charge in [0.2, 0.25) is 5.91 Å². The van der Waals surface area contributed by atoms with Gasteiger partial charge in [0.05, 0.1) is 12.6 Å². The lowest BCUT2D eigenvalue weighted by atomic mass is 10.2. The highest BCUT2D eigenvalue weighted by Crippen LogP contribution is 2.00. The molecule has 11 heavy (non-hydrogen) atoms. The van der Waals surface area contributed by atoms with Crippen LogP contribution in [0, 0.1) is 0 Å². The second-order valence-corrected chi connectivity index (χ2v) is 2.40. The molecule has 0 radical (unpaired) electrons. The van der Waals surface area contributed by atoms with Crippen LogP contribution in [0.15, 0.2) is 12.7 Å². The van der Waals surface area contributed by atoms with Crippen molar-refractivity contribution in [2.24, 2.45) is 0 Å². The standard InChI is InChI=1S/C8H15NO2/c1-4-7(6-10)9(3)8(11)5-2/h5,7,10H,2,4,6H2,1,3H3/t7-/m1/s1. The molecule has 3 heteroatoms. The van der Waals surface area contributed by atoms with Crippen molar-refractivity contribution in [1.82, 2.24) is 4.90 Å². The van der Waals surface area contributed by atoms with E-state index in [1.54, 1.807) is 7.05 Å². The zero-order valence-corrected chi connectivity index (χ0v) is 7.08. The molecular weight excluding hydrogens is 142 g/mol. The Hall–Kier alpha value is -0.830. The Bertz CT molecular complexity index is 141. The molecule has 0 unspecified atom stereocenters. The zero-order chi connectivity index (χ0) is 8.85. The molecule has 0 spiro atoms. The maximum absolute atomic E-state index is 11.0. The van der Waals surface area contributed by atoms with Gasteiger partial charge < -0.3 is 10.0 Å². The summed E-state index contributed by atoms with van der Waals surface area (Å²) in [6.07, 6.45) is 2.00. The van der Waals surface area contributed by atoms with Crippen LogP contribution in [0.3, 0.4) is 0 Å². The minimum Gasteiger partial charge on any atom is -0.394 e. The van der Waals surface area contributed by atoms with Crippen molar-refractivity contribution >= 4 is 5.91 Å². The maximum Gasteiger partial charge on any atom is 0.246 e. The van der Waals surface area contributed by atoms with Gasteiger partial charge in [-0.3, -0.25) is 4.79 Å². The lowest BCUT2D eigenvalue weighted by Gasteiger charge is -2.23. The van der Waals surface area contributed by atoms with Crippen molar-refractivity contribution < 1.29 is 9.90 Å². The van der Waals surface area contributed by atoms with E-state index in [4.69, 9.17) is 5.11 Å². The van der Waals surface area contributed by atoms with Gasteiger partial charge in [0, 0.05) is 7.05 Å². The molecule has 0 rings (SSSR count). The van der Waals surface area contributed by atoms with E-state index in [1.165, 1.54) is 11.0 Å². The molecule has 0 saturated carbocycles. The van der Waals surface area contributed by atoms with E-state index < -0.39 is 0 Å². The van der Waals surface area contributed by atoms with Crippen LogP contribution in [0.1, 0.15) is 13.3 Å². The summed E-state index contributed by atoms with van der Waals surface area (Å²) in [6, 6.07) is -0.0829. The van der Waals surface area contributed by atoms with Crippen molar-refractivity contribution in [1.29, 1.82) is 0 Å². The highest BCUT2D eigenvalue weighted by molar-refractivity contribution is 5.86. The second-order valence-electron chi connectivity index (χ2n) is 2.40. The van der Waals surface area contributed by atoms with E-state index in [9.17, 15) is 4.79 Å². The lowest BCUT2D eigenvalue weighted by Crippen LogP contribution is -2.37. The Labute approximate surface area is 67.3 Å². The van der Waals surface area contributed by atoms with Gasteiger partial charge >= 0.3 is 0 Å². The van der Waals surface area contributed by atoms with Crippen LogP contribution in [0.2, 0.25) is 0 Å². The molecule has 0 heterocycles.